The van der Waals surface area contributed by atoms with E-state index < -0.39 is 11.9 Å². The predicted octanol–water partition coefficient (Wildman–Crippen LogP) is 1.73. The van der Waals surface area contributed by atoms with E-state index >= 15 is 0 Å². The van der Waals surface area contributed by atoms with E-state index in [2.05, 4.69) is 5.32 Å². The summed E-state index contributed by atoms with van der Waals surface area (Å²) in [6.07, 6.45) is 0. The quantitative estimate of drug-likeness (QED) is 0.685. The molecule has 4 N–H and O–H groups in total. The van der Waals surface area contributed by atoms with Crippen LogP contribution in [0.25, 0.3) is 0 Å². The number of rotatable bonds is 4. The Hall–Kier alpha value is -3.02. The largest absolute Gasteiger partial charge is 0.508 e. The average molecular weight is 287 g/mol. The lowest BCUT2D eigenvalue weighted by atomic mass is 10.1. The van der Waals surface area contributed by atoms with Crippen LogP contribution >= 0.6 is 0 Å². The summed E-state index contributed by atoms with van der Waals surface area (Å²) in [7, 11) is 0. The first-order valence-corrected chi connectivity index (χ1v) is 6.09. The molecule has 0 fully saturated rings. The van der Waals surface area contributed by atoms with Gasteiger partial charge in [-0.3, -0.25) is 4.79 Å². The van der Waals surface area contributed by atoms with Crippen molar-refractivity contribution in [3.05, 3.63) is 59.2 Å². The van der Waals surface area contributed by atoms with Gasteiger partial charge in [0.2, 0.25) is 0 Å². The van der Waals surface area contributed by atoms with Crippen LogP contribution in [0.4, 0.5) is 0 Å². The zero-order chi connectivity index (χ0) is 15.4. The van der Waals surface area contributed by atoms with Gasteiger partial charge in [0.05, 0.1) is 5.56 Å². The number of aromatic hydroxyl groups is 2. The van der Waals surface area contributed by atoms with Crippen molar-refractivity contribution in [3.8, 4) is 11.5 Å². The topological polar surface area (TPSA) is 107 Å². The molecule has 0 unspecified atom stereocenters. The van der Waals surface area contributed by atoms with Gasteiger partial charge in [0, 0.05) is 18.2 Å². The van der Waals surface area contributed by atoms with Crippen LogP contribution in [0, 0.1) is 0 Å². The van der Waals surface area contributed by atoms with Gasteiger partial charge in [-0.05, 0) is 29.8 Å². The van der Waals surface area contributed by atoms with E-state index in [0.717, 1.165) is 11.6 Å². The molecule has 0 radical (unpaired) electrons. The van der Waals surface area contributed by atoms with Gasteiger partial charge in [0.15, 0.2) is 0 Å². The van der Waals surface area contributed by atoms with Crippen LogP contribution < -0.4 is 5.32 Å². The van der Waals surface area contributed by atoms with E-state index in [4.69, 9.17) is 5.11 Å². The molecule has 1 amide bonds. The number of carbonyl (C=O) groups excluding carboxylic acids is 1. The van der Waals surface area contributed by atoms with Crippen LogP contribution in [-0.2, 0) is 6.54 Å². The zero-order valence-corrected chi connectivity index (χ0v) is 10.9. The fourth-order valence-electron chi connectivity index (χ4n) is 1.78. The highest BCUT2D eigenvalue weighted by molar-refractivity contribution is 5.95. The normalized spacial score (nSPS) is 10.1. The Balaban J connectivity index is 2.02. The smallest absolute Gasteiger partial charge is 0.335 e. The first-order valence-electron chi connectivity index (χ1n) is 6.09. The number of hydrogen-bond acceptors (Lipinski definition) is 4. The minimum absolute atomic E-state index is 0.134. The van der Waals surface area contributed by atoms with Gasteiger partial charge in [-0.1, -0.05) is 12.1 Å². The number of hydrogen-bond donors (Lipinski definition) is 4. The maximum atomic E-state index is 11.9. The van der Waals surface area contributed by atoms with Crippen LogP contribution in [-0.4, -0.2) is 27.2 Å². The van der Waals surface area contributed by atoms with Gasteiger partial charge in [-0.2, -0.15) is 0 Å². The molecule has 2 rings (SSSR count). The number of amides is 1. The molecule has 2 aromatic carbocycles. The number of benzene rings is 2. The minimum atomic E-state index is -1.01. The van der Waals surface area contributed by atoms with Crippen molar-refractivity contribution < 1.29 is 24.9 Å². The molecule has 0 bridgehead atoms. The van der Waals surface area contributed by atoms with Gasteiger partial charge < -0.3 is 20.6 Å². The number of aromatic carboxylic acids is 1. The first kappa shape index (κ1) is 14.4. The lowest BCUT2D eigenvalue weighted by molar-refractivity contribution is 0.0696. The van der Waals surface area contributed by atoms with E-state index in [1.165, 1.54) is 24.3 Å². The maximum Gasteiger partial charge on any atom is 0.335 e. The Bertz CT molecular complexity index is 659. The summed E-state index contributed by atoms with van der Waals surface area (Å²) in [6.45, 7) is 0.204. The molecule has 0 saturated carbocycles. The number of phenols is 2. The fraction of sp³-hybridized carbons (Fsp3) is 0.0667. The van der Waals surface area contributed by atoms with Crippen LogP contribution in [0.15, 0.2) is 42.5 Å². The highest BCUT2D eigenvalue weighted by Crippen LogP contribution is 2.20. The molecule has 6 heteroatoms. The van der Waals surface area contributed by atoms with Crippen LogP contribution in [0.1, 0.15) is 26.3 Å². The van der Waals surface area contributed by atoms with Gasteiger partial charge in [-0.15, -0.1) is 0 Å². The van der Waals surface area contributed by atoms with Crippen molar-refractivity contribution in [1.29, 1.82) is 0 Å². The summed E-state index contributed by atoms with van der Waals surface area (Å²) in [5.41, 5.74) is 1.04. The first-order chi connectivity index (χ1) is 9.95. The molecule has 0 spiro atoms. The summed E-state index contributed by atoms with van der Waals surface area (Å²) in [5, 5.41) is 30.0. The molecule has 0 aromatic heterocycles. The highest BCUT2D eigenvalue weighted by atomic mass is 16.4. The molecule has 0 atom stereocenters. The lowest BCUT2D eigenvalue weighted by Gasteiger charge is -2.07. The molecule has 6 nitrogen and oxygen atoms in total. The molecule has 0 saturated heterocycles. The minimum Gasteiger partial charge on any atom is -0.508 e. The average Bonchev–Trinajstić information content (AvgIpc) is 2.44. The molecule has 0 heterocycles. The second kappa shape index (κ2) is 5.96. The summed E-state index contributed by atoms with van der Waals surface area (Å²) >= 11 is 0. The second-order valence-corrected chi connectivity index (χ2v) is 4.42. The van der Waals surface area contributed by atoms with Crippen molar-refractivity contribution in [2.45, 2.75) is 6.54 Å². The SMILES string of the molecule is O=C(O)c1ccc(CNC(=O)c2cc(O)cc(O)c2)cc1. The van der Waals surface area contributed by atoms with Crippen molar-refractivity contribution in [2.24, 2.45) is 0 Å². The third kappa shape index (κ3) is 3.73. The summed E-state index contributed by atoms with van der Waals surface area (Å²) in [6, 6.07) is 9.70. The molecule has 2 aromatic rings. The summed E-state index contributed by atoms with van der Waals surface area (Å²) in [4.78, 5) is 22.6. The Morgan fingerprint density at radius 2 is 1.48 bits per heavy atom. The van der Waals surface area contributed by atoms with E-state index in [-0.39, 0.29) is 29.2 Å². The van der Waals surface area contributed by atoms with Crippen molar-refractivity contribution >= 4 is 11.9 Å². The Kier molecular flexibility index (Phi) is 4.08. The Morgan fingerprint density at radius 1 is 0.905 bits per heavy atom. The van der Waals surface area contributed by atoms with Gasteiger partial charge in [0.1, 0.15) is 11.5 Å². The third-order valence-corrected chi connectivity index (χ3v) is 2.82. The van der Waals surface area contributed by atoms with Crippen molar-refractivity contribution in [1.82, 2.24) is 5.32 Å². The van der Waals surface area contributed by atoms with Gasteiger partial charge >= 0.3 is 5.97 Å². The molecule has 108 valence electrons. The Labute approximate surface area is 120 Å². The van der Waals surface area contributed by atoms with Crippen molar-refractivity contribution in [3.63, 3.8) is 0 Å². The highest BCUT2D eigenvalue weighted by Gasteiger charge is 2.08. The van der Waals surface area contributed by atoms with Crippen molar-refractivity contribution in [2.75, 3.05) is 0 Å². The fourth-order valence-corrected chi connectivity index (χ4v) is 1.78. The van der Waals surface area contributed by atoms with Gasteiger partial charge in [0.25, 0.3) is 5.91 Å². The number of carboxylic acids is 1. The maximum absolute atomic E-state index is 11.9. The molecular formula is C15H13NO5. The predicted molar refractivity (Wildman–Crippen MR) is 74.3 cm³/mol. The van der Waals surface area contributed by atoms with E-state index in [9.17, 15) is 19.8 Å². The molecule has 0 aliphatic carbocycles. The second-order valence-electron chi connectivity index (χ2n) is 4.42. The number of nitrogens with one attached hydrogen (secondary N) is 1. The standard InChI is InChI=1S/C15H13NO5/c17-12-5-11(6-13(18)7-12)14(19)16-8-9-1-3-10(4-2-9)15(20)21/h1-7,17-18H,8H2,(H,16,19)(H,20,21). The van der Waals surface area contributed by atoms with E-state index in [1.807, 2.05) is 0 Å². The molecule has 21 heavy (non-hydrogen) atoms. The van der Waals surface area contributed by atoms with Crippen LogP contribution in [0.3, 0.4) is 0 Å². The Morgan fingerprint density at radius 3 is 2.00 bits per heavy atom. The number of carbonyl (C=O) groups is 2. The summed E-state index contributed by atoms with van der Waals surface area (Å²) in [5.74, 6) is -1.87. The molecular weight excluding hydrogens is 274 g/mol. The van der Waals surface area contributed by atoms with E-state index in [1.54, 1.807) is 12.1 Å². The van der Waals surface area contributed by atoms with E-state index in [0.29, 0.717) is 0 Å². The van der Waals surface area contributed by atoms with Crippen LogP contribution in [0.5, 0.6) is 11.5 Å². The zero-order valence-electron chi connectivity index (χ0n) is 10.9. The number of phenolic OH excluding ortho intramolecular Hbond substituents is 2. The third-order valence-electron chi connectivity index (χ3n) is 2.82. The van der Waals surface area contributed by atoms with Crippen LogP contribution in [0.2, 0.25) is 0 Å². The van der Waals surface area contributed by atoms with Gasteiger partial charge in [-0.25, -0.2) is 4.79 Å². The lowest BCUT2D eigenvalue weighted by Crippen LogP contribution is -2.22. The number of carboxylic acid groups (broad SMARTS) is 1. The molecule has 0 aliphatic heterocycles. The molecule has 0 aliphatic rings. The summed E-state index contributed by atoms with van der Waals surface area (Å²) < 4.78 is 0. The monoisotopic (exact) mass is 287 g/mol.